The maximum absolute atomic E-state index is 13.1. The van der Waals surface area contributed by atoms with E-state index in [4.69, 9.17) is 4.74 Å². The molecule has 0 spiro atoms. The zero-order chi connectivity index (χ0) is 15.1. The SMILES string of the molecule is CN=C(NC)NCC(c1ccc(F)cc1)N1CCOCC1. The number of halogens is 1. The Balaban J connectivity index is 2.11. The first-order chi connectivity index (χ1) is 10.2. The zero-order valence-corrected chi connectivity index (χ0v) is 12.6. The number of guanidine groups is 1. The third-order valence-corrected chi connectivity index (χ3v) is 3.66. The lowest BCUT2D eigenvalue weighted by Gasteiger charge is -2.35. The molecule has 1 heterocycles. The summed E-state index contributed by atoms with van der Waals surface area (Å²) in [5.41, 5.74) is 1.09. The highest BCUT2D eigenvalue weighted by Gasteiger charge is 2.22. The number of morpholine rings is 1. The highest BCUT2D eigenvalue weighted by Crippen LogP contribution is 2.21. The molecule has 1 saturated heterocycles. The Bertz CT molecular complexity index is 457. The molecule has 2 N–H and O–H groups in total. The first-order valence-corrected chi connectivity index (χ1v) is 7.20. The molecular weight excluding hydrogens is 271 g/mol. The van der Waals surface area contributed by atoms with Gasteiger partial charge in [0.15, 0.2) is 5.96 Å². The predicted octanol–water partition coefficient (Wildman–Crippen LogP) is 0.994. The van der Waals surface area contributed by atoms with Crippen molar-refractivity contribution in [1.29, 1.82) is 0 Å². The fraction of sp³-hybridized carbons (Fsp3) is 0.533. The van der Waals surface area contributed by atoms with Crippen LogP contribution in [0.15, 0.2) is 29.3 Å². The maximum atomic E-state index is 13.1. The van der Waals surface area contributed by atoms with Crippen molar-refractivity contribution in [3.63, 3.8) is 0 Å². The summed E-state index contributed by atoms with van der Waals surface area (Å²) in [6.45, 7) is 3.93. The third kappa shape index (κ3) is 4.41. The van der Waals surface area contributed by atoms with E-state index in [-0.39, 0.29) is 11.9 Å². The van der Waals surface area contributed by atoms with E-state index in [2.05, 4.69) is 20.5 Å². The standard InChI is InChI=1S/C15H23FN4O/c1-17-15(18-2)19-11-14(20-7-9-21-10-8-20)12-3-5-13(16)6-4-12/h3-6,14H,7-11H2,1-2H3,(H2,17,18,19). The molecular formula is C15H23FN4O. The maximum Gasteiger partial charge on any atom is 0.190 e. The molecule has 1 aliphatic heterocycles. The van der Waals surface area contributed by atoms with Gasteiger partial charge in [-0.3, -0.25) is 9.89 Å². The average Bonchev–Trinajstić information content (AvgIpc) is 2.54. The minimum atomic E-state index is -0.210. The molecule has 0 saturated carbocycles. The Morgan fingerprint density at radius 2 is 2.00 bits per heavy atom. The molecule has 2 rings (SSSR count). The second-order valence-electron chi connectivity index (χ2n) is 4.92. The van der Waals surface area contributed by atoms with Crippen LogP contribution in [0.25, 0.3) is 0 Å². The van der Waals surface area contributed by atoms with Gasteiger partial charge in [0.25, 0.3) is 0 Å². The van der Waals surface area contributed by atoms with Crippen LogP contribution in [0.1, 0.15) is 11.6 Å². The van der Waals surface area contributed by atoms with Gasteiger partial charge in [-0.15, -0.1) is 0 Å². The number of aliphatic imine (C=N–C) groups is 1. The molecule has 1 aromatic rings. The first kappa shape index (κ1) is 15.7. The summed E-state index contributed by atoms with van der Waals surface area (Å²) >= 11 is 0. The second-order valence-corrected chi connectivity index (χ2v) is 4.92. The van der Waals surface area contributed by atoms with E-state index in [1.807, 2.05) is 19.2 Å². The van der Waals surface area contributed by atoms with E-state index < -0.39 is 0 Å². The van der Waals surface area contributed by atoms with Gasteiger partial charge in [0.05, 0.1) is 19.3 Å². The predicted molar refractivity (Wildman–Crippen MR) is 82.0 cm³/mol. The van der Waals surface area contributed by atoms with Crippen LogP contribution in [0, 0.1) is 5.82 Å². The number of rotatable bonds is 4. The highest BCUT2D eigenvalue weighted by molar-refractivity contribution is 5.79. The van der Waals surface area contributed by atoms with Gasteiger partial charge < -0.3 is 15.4 Å². The molecule has 5 nitrogen and oxygen atoms in total. The molecule has 0 aromatic heterocycles. The van der Waals surface area contributed by atoms with Gasteiger partial charge >= 0.3 is 0 Å². The summed E-state index contributed by atoms with van der Waals surface area (Å²) in [5.74, 6) is 0.536. The second kappa shape index (κ2) is 7.95. The van der Waals surface area contributed by atoms with Crippen molar-refractivity contribution < 1.29 is 9.13 Å². The van der Waals surface area contributed by atoms with Crippen molar-refractivity contribution >= 4 is 5.96 Å². The van der Waals surface area contributed by atoms with Gasteiger partial charge in [-0.25, -0.2) is 4.39 Å². The van der Waals surface area contributed by atoms with E-state index in [1.54, 1.807) is 7.05 Å². The van der Waals surface area contributed by atoms with Crippen LogP contribution in [0.5, 0.6) is 0 Å². The Labute approximate surface area is 125 Å². The van der Waals surface area contributed by atoms with Crippen molar-refractivity contribution in [2.24, 2.45) is 4.99 Å². The monoisotopic (exact) mass is 294 g/mol. The first-order valence-electron chi connectivity index (χ1n) is 7.20. The summed E-state index contributed by atoms with van der Waals surface area (Å²) in [6.07, 6.45) is 0. The summed E-state index contributed by atoms with van der Waals surface area (Å²) in [5, 5.41) is 6.30. The fourth-order valence-electron chi connectivity index (χ4n) is 2.50. The smallest absolute Gasteiger partial charge is 0.190 e. The highest BCUT2D eigenvalue weighted by atomic mass is 19.1. The van der Waals surface area contributed by atoms with Gasteiger partial charge in [-0.05, 0) is 17.7 Å². The number of hydrogen-bond donors (Lipinski definition) is 2. The molecule has 1 aliphatic rings. The van der Waals surface area contributed by atoms with Crippen molar-refractivity contribution in [1.82, 2.24) is 15.5 Å². The topological polar surface area (TPSA) is 48.9 Å². The van der Waals surface area contributed by atoms with Crippen molar-refractivity contribution in [2.45, 2.75) is 6.04 Å². The Morgan fingerprint density at radius 1 is 1.33 bits per heavy atom. The van der Waals surface area contributed by atoms with Crippen molar-refractivity contribution in [3.8, 4) is 0 Å². The minimum Gasteiger partial charge on any atom is -0.379 e. The summed E-state index contributed by atoms with van der Waals surface area (Å²) < 4.78 is 18.6. The summed E-state index contributed by atoms with van der Waals surface area (Å²) in [6, 6.07) is 6.88. The zero-order valence-electron chi connectivity index (χ0n) is 12.6. The van der Waals surface area contributed by atoms with E-state index in [9.17, 15) is 4.39 Å². The Hall–Kier alpha value is -1.66. The molecule has 0 amide bonds. The van der Waals surface area contributed by atoms with Crippen LogP contribution >= 0.6 is 0 Å². The molecule has 0 bridgehead atoms. The quantitative estimate of drug-likeness (QED) is 0.642. The molecule has 6 heteroatoms. The Morgan fingerprint density at radius 3 is 2.57 bits per heavy atom. The van der Waals surface area contributed by atoms with Gasteiger partial charge in [0.1, 0.15) is 5.82 Å². The normalized spacial score (nSPS) is 18.3. The number of benzene rings is 1. The van der Waals surface area contributed by atoms with Gasteiger partial charge in [-0.1, -0.05) is 12.1 Å². The number of ether oxygens (including phenoxy) is 1. The molecule has 1 atom stereocenters. The third-order valence-electron chi connectivity index (χ3n) is 3.66. The van der Waals surface area contributed by atoms with Crippen molar-refractivity contribution in [3.05, 3.63) is 35.6 Å². The molecule has 21 heavy (non-hydrogen) atoms. The van der Waals surface area contributed by atoms with Crippen LogP contribution in [0.4, 0.5) is 4.39 Å². The average molecular weight is 294 g/mol. The van der Waals surface area contributed by atoms with E-state index in [0.717, 1.165) is 37.8 Å². The Kier molecular flexibility index (Phi) is 5.95. The van der Waals surface area contributed by atoms with E-state index >= 15 is 0 Å². The van der Waals surface area contributed by atoms with Crippen LogP contribution in [-0.4, -0.2) is 57.8 Å². The van der Waals surface area contributed by atoms with Crippen LogP contribution in [0.3, 0.4) is 0 Å². The molecule has 1 fully saturated rings. The molecule has 116 valence electrons. The van der Waals surface area contributed by atoms with Crippen molar-refractivity contribution in [2.75, 3.05) is 46.9 Å². The lowest BCUT2D eigenvalue weighted by molar-refractivity contribution is 0.0170. The van der Waals surface area contributed by atoms with Gasteiger partial charge in [0.2, 0.25) is 0 Å². The molecule has 0 aliphatic carbocycles. The number of nitrogens with one attached hydrogen (secondary N) is 2. The molecule has 1 unspecified atom stereocenters. The van der Waals surface area contributed by atoms with Gasteiger partial charge in [0, 0.05) is 33.7 Å². The summed E-state index contributed by atoms with van der Waals surface area (Å²) in [4.78, 5) is 6.48. The van der Waals surface area contributed by atoms with Gasteiger partial charge in [-0.2, -0.15) is 0 Å². The number of hydrogen-bond acceptors (Lipinski definition) is 3. The number of nitrogens with zero attached hydrogens (tertiary/aromatic N) is 2. The lowest BCUT2D eigenvalue weighted by Crippen LogP contribution is -2.45. The van der Waals surface area contributed by atoms with E-state index in [0.29, 0.717) is 6.54 Å². The minimum absolute atomic E-state index is 0.166. The van der Waals surface area contributed by atoms with Crippen LogP contribution < -0.4 is 10.6 Å². The fourth-order valence-corrected chi connectivity index (χ4v) is 2.50. The lowest BCUT2D eigenvalue weighted by atomic mass is 10.0. The van der Waals surface area contributed by atoms with Crippen LogP contribution in [0.2, 0.25) is 0 Å². The van der Waals surface area contributed by atoms with Crippen LogP contribution in [-0.2, 0) is 4.74 Å². The molecule has 0 radical (unpaired) electrons. The van der Waals surface area contributed by atoms with E-state index in [1.165, 1.54) is 12.1 Å². The molecule has 1 aromatic carbocycles. The largest absolute Gasteiger partial charge is 0.379 e. The summed E-state index contributed by atoms with van der Waals surface area (Å²) in [7, 11) is 3.57.